The summed E-state index contributed by atoms with van der Waals surface area (Å²) in [5, 5.41) is 12.9. The standard InChI is InChI=1S/C17H25NO5/c1-12(19)22-11-15(20)14(10-13-8-6-5-7-9-13)18-16(21)23-17(2,3)4/h5-9,14-15,20H,10-11H2,1-4H3,(H,18,21). The number of rotatable bonds is 6. The normalized spacial score (nSPS) is 13.8. The molecule has 0 aliphatic heterocycles. The van der Waals surface area contributed by atoms with E-state index in [1.165, 1.54) is 6.92 Å². The first-order valence-electron chi connectivity index (χ1n) is 7.52. The second-order valence-electron chi connectivity index (χ2n) is 6.31. The lowest BCUT2D eigenvalue weighted by atomic mass is 10.0. The number of carbonyl (C=O) groups excluding carboxylic acids is 2. The van der Waals surface area contributed by atoms with Gasteiger partial charge in [0.2, 0.25) is 0 Å². The smallest absolute Gasteiger partial charge is 0.407 e. The van der Waals surface area contributed by atoms with Crippen LogP contribution in [0.2, 0.25) is 0 Å². The summed E-state index contributed by atoms with van der Waals surface area (Å²) >= 11 is 0. The lowest BCUT2D eigenvalue weighted by Gasteiger charge is -2.26. The van der Waals surface area contributed by atoms with Crippen LogP contribution in [-0.4, -0.2) is 41.5 Å². The van der Waals surface area contributed by atoms with Crippen molar-refractivity contribution in [3.63, 3.8) is 0 Å². The van der Waals surface area contributed by atoms with Crippen LogP contribution in [0.4, 0.5) is 4.79 Å². The highest BCUT2D eigenvalue weighted by Crippen LogP contribution is 2.10. The molecule has 6 nitrogen and oxygen atoms in total. The highest BCUT2D eigenvalue weighted by molar-refractivity contribution is 5.68. The van der Waals surface area contributed by atoms with E-state index in [9.17, 15) is 14.7 Å². The Bertz CT molecular complexity index is 509. The number of carbonyl (C=O) groups is 2. The minimum absolute atomic E-state index is 0.192. The van der Waals surface area contributed by atoms with Crippen LogP contribution in [0.25, 0.3) is 0 Å². The van der Waals surface area contributed by atoms with E-state index in [-0.39, 0.29) is 6.61 Å². The maximum Gasteiger partial charge on any atom is 0.407 e. The van der Waals surface area contributed by atoms with Gasteiger partial charge in [0.05, 0.1) is 6.04 Å². The van der Waals surface area contributed by atoms with Gasteiger partial charge in [-0.1, -0.05) is 30.3 Å². The molecule has 0 bridgehead atoms. The molecule has 1 rings (SSSR count). The van der Waals surface area contributed by atoms with Crippen LogP contribution in [0.5, 0.6) is 0 Å². The maximum absolute atomic E-state index is 11.9. The molecule has 2 unspecified atom stereocenters. The van der Waals surface area contributed by atoms with Gasteiger partial charge in [-0.05, 0) is 32.8 Å². The molecule has 23 heavy (non-hydrogen) atoms. The van der Waals surface area contributed by atoms with Crippen molar-refractivity contribution in [2.75, 3.05) is 6.61 Å². The number of esters is 1. The summed E-state index contributed by atoms with van der Waals surface area (Å²) in [5.74, 6) is -0.486. The minimum atomic E-state index is -1.04. The molecule has 0 aromatic heterocycles. The molecular formula is C17H25NO5. The van der Waals surface area contributed by atoms with Crippen molar-refractivity contribution in [2.45, 2.75) is 51.9 Å². The fourth-order valence-corrected chi connectivity index (χ4v) is 1.93. The van der Waals surface area contributed by atoms with E-state index in [0.717, 1.165) is 5.56 Å². The second kappa shape index (κ2) is 8.53. The van der Waals surface area contributed by atoms with Gasteiger partial charge in [-0.15, -0.1) is 0 Å². The summed E-state index contributed by atoms with van der Waals surface area (Å²) in [7, 11) is 0. The van der Waals surface area contributed by atoms with E-state index in [0.29, 0.717) is 6.42 Å². The monoisotopic (exact) mass is 323 g/mol. The predicted octanol–water partition coefficient (Wildman–Crippen LogP) is 2.05. The zero-order valence-corrected chi connectivity index (χ0v) is 14.0. The molecule has 0 saturated heterocycles. The number of nitrogens with one attached hydrogen (secondary N) is 1. The highest BCUT2D eigenvalue weighted by atomic mass is 16.6. The number of amides is 1. The maximum atomic E-state index is 11.9. The molecule has 0 radical (unpaired) electrons. The zero-order chi connectivity index (χ0) is 17.5. The third-order valence-corrected chi connectivity index (χ3v) is 2.92. The first kappa shape index (κ1) is 19.0. The fraction of sp³-hybridized carbons (Fsp3) is 0.529. The van der Waals surface area contributed by atoms with Gasteiger partial charge in [0.1, 0.15) is 18.3 Å². The molecule has 2 N–H and O–H groups in total. The van der Waals surface area contributed by atoms with E-state index >= 15 is 0 Å². The lowest BCUT2D eigenvalue weighted by Crippen LogP contribution is -2.48. The van der Waals surface area contributed by atoms with Crippen LogP contribution >= 0.6 is 0 Å². The summed E-state index contributed by atoms with van der Waals surface area (Å²) in [5.41, 5.74) is 0.304. The van der Waals surface area contributed by atoms with Gasteiger partial charge >= 0.3 is 12.1 Å². The van der Waals surface area contributed by atoms with Gasteiger partial charge in [0.15, 0.2) is 0 Å². The lowest BCUT2D eigenvalue weighted by molar-refractivity contribution is -0.144. The molecule has 2 atom stereocenters. The largest absolute Gasteiger partial charge is 0.463 e. The summed E-state index contributed by atoms with van der Waals surface area (Å²) in [6, 6.07) is 8.78. The highest BCUT2D eigenvalue weighted by Gasteiger charge is 2.25. The van der Waals surface area contributed by atoms with Crippen molar-refractivity contribution in [3.05, 3.63) is 35.9 Å². The predicted molar refractivity (Wildman–Crippen MR) is 85.9 cm³/mol. The van der Waals surface area contributed by atoms with Crippen LogP contribution in [0.3, 0.4) is 0 Å². The Labute approximate surface area is 136 Å². The molecule has 0 saturated carbocycles. The van der Waals surface area contributed by atoms with Crippen LogP contribution in [-0.2, 0) is 20.7 Å². The topological polar surface area (TPSA) is 84.9 Å². The molecule has 0 fully saturated rings. The van der Waals surface area contributed by atoms with E-state index in [4.69, 9.17) is 9.47 Å². The SMILES string of the molecule is CC(=O)OCC(O)C(Cc1ccccc1)NC(=O)OC(C)(C)C. The van der Waals surface area contributed by atoms with Gasteiger partial charge in [-0.2, -0.15) is 0 Å². The van der Waals surface area contributed by atoms with Crippen LogP contribution in [0.1, 0.15) is 33.3 Å². The molecule has 0 aliphatic carbocycles. The van der Waals surface area contributed by atoms with Gasteiger partial charge < -0.3 is 19.9 Å². The molecule has 0 aliphatic rings. The number of alkyl carbamates (subject to hydrolysis) is 1. The molecule has 0 heterocycles. The number of benzene rings is 1. The Morgan fingerprint density at radius 3 is 2.35 bits per heavy atom. The molecule has 1 aromatic rings. The Morgan fingerprint density at radius 1 is 1.22 bits per heavy atom. The first-order chi connectivity index (χ1) is 10.7. The summed E-state index contributed by atoms with van der Waals surface area (Å²) in [4.78, 5) is 22.8. The van der Waals surface area contributed by atoms with E-state index < -0.39 is 29.8 Å². The van der Waals surface area contributed by atoms with Crippen molar-refractivity contribution >= 4 is 12.1 Å². The average Bonchev–Trinajstić information content (AvgIpc) is 2.43. The zero-order valence-electron chi connectivity index (χ0n) is 14.0. The number of hydrogen-bond acceptors (Lipinski definition) is 5. The van der Waals surface area contributed by atoms with E-state index in [1.807, 2.05) is 30.3 Å². The van der Waals surface area contributed by atoms with Crippen molar-refractivity contribution in [1.82, 2.24) is 5.32 Å². The molecule has 6 heteroatoms. The van der Waals surface area contributed by atoms with E-state index in [1.54, 1.807) is 20.8 Å². The van der Waals surface area contributed by atoms with Crippen LogP contribution in [0, 0.1) is 0 Å². The Morgan fingerprint density at radius 2 is 1.83 bits per heavy atom. The summed E-state index contributed by atoms with van der Waals surface area (Å²) in [6.07, 6.45) is -1.27. The Kier molecular flexibility index (Phi) is 7.03. The molecule has 1 aromatic carbocycles. The van der Waals surface area contributed by atoms with Crippen molar-refractivity contribution in [2.24, 2.45) is 0 Å². The van der Waals surface area contributed by atoms with Gasteiger partial charge in [0, 0.05) is 6.92 Å². The van der Waals surface area contributed by atoms with Crippen molar-refractivity contribution in [1.29, 1.82) is 0 Å². The van der Waals surface area contributed by atoms with E-state index in [2.05, 4.69) is 5.32 Å². The number of hydrogen-bond donors (Lipinski definition) is 2. The van der Waals surface area contributed by atoms with Crippen molar-refractivity contribution < 1.29 is 24.2 Å². The third kappa shape index (κ3) is 8.21. The number of aliphatic hydroxyl groups is 1. The Balaban J connectivity index is 2.74. The second-order valence-corrected chi connectivity index (χ2v) is 6.31. The minimum Gasteiger partial charge on any atom is -0.463 e. The molecular weight excluding hydrogens is 298 g/mol. The third-order valence-electron chi connectivity index (χ3n) is 2.92. The summed E-state index contributed by atoms with van der Waals surface area (Å²) in [6.45, 7) is 6.35. The fourth-order valence-electron chi connectivity index (χ4n) is 1.93. The van der Waals surface area contributed by atoms with Crippen LogP contribution in [0.15, 0.2) is 30.3 Å². The van der Waals surface area contributed by atoms with Crippen molar-refractivity contribution in [3.8, 4) is 0 Å². The molecule has 128 valence electrons. The Hall–Kier alpha value is -2.08. The van der Waals surface area contributed by atoms with Crippen LogP contribution < -0.4 is 5.32 Å². The molecule has 1 amide bonds. The number of ether oxygens (including phenoxy) is 2. The molecule has 0 spiro atoms. The van der Waals surface area contributed by atoms with Gasteiger partial charge in [-0.25, -0.2) is 4.79 Å². The van der Waals surface area contributed by atoms with Gasteiger partial charge in [0.25, 0.3) is 0 Å². The number of aliphatic hydroxyl groups excluding tert-OH is 1. The van der Waals surface area contributed by atoms with Gasteiger partial charge in [-0.3, -0.25) is 4.79 Å². The first-order valence-corrected chi connectivity index (χ1v) is 7.52. The quantitative estimate of drug-likeness (QED) is 0.783. The summed E-state index contributed by atoms with van der Waals surface area (Å²) < 4.78 is 10.0. The average molecular weight is 323 g/mol.